The van der Waals surface area contributed by atoms with Gasteiger partial charge in [0.2, 0.25) is 11.8 Å². The van der Waals surface area contributed by atoms with Crippen LogP contribution in [0.15, 0.2) is 164 Å². The van der Waals surface area contributed by atoms with Crippen LogP contribution in [0.4, 0.5) is 0 Å². The molecule has 9 rings (SSSR count). The zero-order valence-corrected chi connectivity index (χ0v) is 47.8. The Kier molecular flexibility index (Phi) is 22.5. The van der Waals surface area contributed by atoms with E-state index in [1.807, 2.05) is 125 Å². The summed E-state index contributed by atoms with van der Waals surface area (Å²) < 4.78 is 11.2. The maximum Gasteiger partial charge on any atom is 0.251 e. The zero-order chi connectivity index (χ0) is 56.2. The molecule has 4 N–H and O–H groups in total. The Hall–Kier alpha value is -6.64. The van der Waals surface area contributed by atoms with E-state index in [2.05, 4.69) is 83.6 Å². The van der Waals surface area contributed by atoms with Crippen molar-refractivity contribution >= 4 is 68.4 Å². The van der Waals surface area contributed by atoms with Gasteiger partial charge in [0.05, 0.1) is 18.7 Å². The van der Waals surface area contributed by atoms with Gasteiger partial charge in [-0.1, -0.05) is 152 Å². The van der Waals surface area contributed by atoms with E-state index >= 15 is 0 Å². The standard InChI is InChI=1S/C36H40ClN3O3.C30H36ClN3O3/c1-2-27(28-11-7-4-8-12-28)24-40-19-17-33(39-34(36(40)42)18-20-43-25-26-9-5-3-6-10-26)23-38-35(41)31-14-13-30-22-32(37)16-15-29(30)21-31;1-3-21(22-7-5-4-6-8-22)20-34-15-13-27(33-28(30(34)36)14-16-37-2)19-32-29(35)25-10-9-24-18-26(31)12-11-23(24)17-25/h3-16,21-22,27,33-34,39H,2,17-20,23-25H2,1H3,(H,38,41);4-12,17-18,21,27-28,33H,3,13-16,19-20H2,1-2H3,(H,32,35)/t27-,33+,34+;21-,27+,28+/m11/s1. The van der Waals surface area contributed by atoms with Crippen LogP contribution in [0.25, 0.3) is 21.5 Å². The Morgan fingerprint density at radius 1 is 0.562 bits per heavy atom. The van der Waals surface area contributed by atoms with Gasteiger partial charge in [-0.15, -0.1) is 0 Å². The van der Waals surface area contributed by atoms with Gasteiger partial charge in [-0.2, -0.15) is 0 Å². The van der Waals surface area contributed by atoms with Gasteiger partial charge in [-0.05, 0) is 125 Å². The van der Waals surface area contributed by atoms with E-state index in [-0.39, 0.29) is 59.6 Å². The van der Waals surface area contributed by atoms with Crippen LogP contribution < -0.4 is 21.3 Å². The summed E-state index contributed by atoms with van der Waals surface area (Å²) in [4.78, 5) is 57.4. The Labute approximate surface area is 481 Å². The van der Waals surface area contributed by atoms with Crippen molar-refractivity contribution in [3.63, 3.8) is 0 Å². The average molecular weight is 1120 g/mol. The van der Waals surface area contributed by atoms with E-state index in [0.717, 1.165) is 52.8 Å². The van der Waals surface area contributed by atoms with Crippen LogP contribution in [0.1, 0.15) is 102 Å². The summed E-state index contributed by atoms with van der Waals surface area (Å²) in [5.74, 6) is 0.484. The summed E-state index contributed by atoms with van der Waals surface area (Å²) in [5.41, 5.74) is 4.81. The predicted molar refractivity (Wildman–Crippen MR) is 323 cm³/mol. The monoisotopic (exact) mass is 1120 g/mol. The van der Waals surface area contributed by atoms with Crippen molar-refractivity contribution in [2.75, 3.05) is 59.6 Å². The number of nitrogens with one attached hydrogen (secondary N) is 4. The van der Waals surface area contributed by atoms with Crippen LogP contribution in [0.5, 0.6) is 0 Å². The Balaban J connectivity index is 0.000000213. The van der Waals surface area contributed by atoms with Crippen LogP contribution in [-0.4, -0.2) is 117 Å². The minimum Gasteiger partial charge on any atom is -0.385 e. The van der Waals surface area contributed by atoms with E-state index in [1.165, 1.54) is 11.1 Å². The highest BCUT2D eigenvalue weighted by Gasteiger charge is 2.34. The second-order valence-electron chi connectivity index (χ2n) is 21.0. The molecule has 14 heteroatoms. The number of rotatable bonds is 22. The molecule has 420 valence electrons. The minimum absolute atomic E-state index is 0.0178. The number of carbonyl (C=O) groups excluding carboxylic acids is 4. The molecule has 2 aliphatic rings. The lowest BCUT2D eigenvalue weighted by Gasteiger charge is -2.28. The number of ether oxygens (including phenoxy) is 2. The summed E-state index contributed by atoms with van der Waals surface area (Å²) in [6, 6.07) is 52.6. The molecule has 4 amide bonds. The third-order valence-electron chi connectivity index (χ3n) is 15.4. The molecule has 7 aromatic carbocycles. The second kappa shape index (κ2) is 30.3. The Morgan fingerprint density at radius 3 is 1.41 bits per heavy atom. The molecule has 0 aliphatic carbocycles. The van der Waals surface area contributed by atoms with Gasteiger partial charge >= 0.3 is 0 Å². The lowest BCUT2D eigenvalue weighted by atomic mass is 9.95. The van der Waals surface area contributed by atoms with Gasteiger partial charge in [0.25, 0.3) is 11.8 Å². The number of carbonyl (C=O) groups is 4. The Bertz CT molecular complexity index is 3120. The van der Waals surface area contributed by atoms with Crippen molar-refractivity contribution < 1.29 is 28.7 Å². The average Bonchev–Trinajstić information content (AvgIpc) is 3.74. The fourth-order valence-electron chi connectivity index (χ4n) is 10.7. The summed E-state index contributed by atoms with van der Waals surface area (Å²) >= 11 is 12.2. The molecule has 0 radical (unpaired) electrons. The largest absolute Gasteiger partial charge is 0.385 e. The molecule has 2 saturated heterocycles. The van der Waals surface area contributed by atoms with Crippen molar-refractivity contribution in [2.45, 2.75) is 95.0 Å². The molecule has 2 aliphatic heterocycles. The van der Waals surface area contributed by atoms with Gasteiger partial charge in [0.1, 0.15) is 0 Å². The first-order chi connectivity index (χ1) is 39.0. The van der Waals surface area contributed by atoms with Crippen molar-refractivity contribution in [1.82, 2.24) is 31.1 Å². The number of benzene rings is 7. The summed E-state index contributed by atoms with van der Waals surface area (Å²) in [6.45, 7) is 9.31. The number of hydrogen-bond acceptors (Lipinski definition) is 8. The number of methoxy groups -OCH3 is 1. The maximum atomic E-state index is 13.9. The van der Waals surface area contributed by atoms with Crippen LogP contribution in [0.2, 0.25) is 10.0 Å². The molecule has 7 aromatic rings. The molecule has 0 unspecified atom stereocenters. The number of hydrogen-bond donors (Lipinski definition) is 4. The molecule has 0 spiro atoms. The Morgan fingerprint density at radius 2 is 0.975 bits per heavy atom. The van der Waals surface area contributed by atoms with Crippen molar-refractivity contribution in [1.29, 1.82) is 0 Å². The number of fused-ring (bicyclic) bond motifs is 2. The zero-order valence-electron chi connectivity index (χ0n) is 46.3. The molecule has 0 bridgehead atoms. The third-order valence-corrected chi connectivity index (χ3v) is 15.9. The molecular formula is C66H76Cl2N6O6. The van der Waals surface area contributed by atoms with Gasteiger partial charge in [0, 0.05) is 105 Å². The molecular weight excluding hydrogens is 1040 g/mol. The van der Waals surface area contributed by atoms with Crippen LogP contribution in [0.3, 0.4) is 0 Å². The van der Waals surface area contributed by atoms with E-state index in [9.17, 15) is 19.2 Å². The minimum atomic E-state index is -0.390. The highest BCUT2D eigenvalue weighted by Crippen LogP contribution is 2.26. The molecule has 0 aromatic heterocycles. The van der Waals surface area contributed by atoms with E-state index in [1.54, 1.807) is 7.11 Å². The second-order valence-corrected chi connectivity index (χ2v) is 21.8. The summed E-state index contributed by atoms with van der Waals surface area (Å²) in [7, 11) is 1.65. The first kappa shape index (κ1) is 59.5. The van der Waals surface area contributed by atoms with E-state index in [0.29, 0.717) is 93.1 Å². The lowest BCUT2D eigenvalue weighted by Crippen LogP contribution is -2.49. The molecule has 12 nitrogen and oxygen atoms in total. The molecule has 80 heavy (non-hydrogen) atoms. The SMILES string of the molecule is CC[C@H](CN1CC[C@@H](CNC(=O)c2ccc3cc(Cl)ccc3c2)N[C@@H](CCOC)C1=O)c1ccccc1.CC[C@H](CN1CC[C@@H](CNC(=O)c2ccc3cc(Cl)ccc3c2)N[C@@H](CCOCc2ccccc2)C1=O)c1ccccc1. The van der Waals surface area contributed by atoms with E-state index in [4.69, 9.17) is 32.7 Å². The first-order valence-electron chi connectivity index (χ1n) is 28.2. The number of nitrogens with zero attached hydrogens (tertiary/aromatic N) is 2. The van der Waals surface area contributed by atoms with Crippen LogP contribution in [0, 0.1) is 0 Å². The van der Waals surface area contributed by atoms with E-state index < -0.39 is 0 Å². The van der Waals surface area contributed by atoms with Crippen LogP contribution in [-0.2, 0) is 25.7 Å². The molecule has 2 heterocycles. The normalized spacial score (nSPS) is 18.4. The first-order valence-corrected chi connectivity index (χ1v) is 29.0. The maximum absolute atomic E-state index is 13.9. The molecule has 2 fully saturated rings. The van der Waals surface area contributed by atoms with Gasteiger partial charge in [-0.3, -0.25) is 19.2 Å². The summed E-state index contributed by atoms with van der Waals surface area (Å²) in [5, 5.41) is 18.5. The van der Waals surface area contributed by atoms with Crippen molar-refractivity contribution in [3.8, 4) is 0 Å². The number of halogens is 2. The van der Waals surface area contributed by atoms with Gasteiger partial charge in [0.15, 0.2) is 0 Å². The summed E-state index contributed by atoms with van der Waals surface area (Å²) in [6.07, 6.45) is 4.56. The highest BCUT2D eigenvalue weighted by atomic mass is 35.5. The molecule has 0 saturated carbocycles. The van der Waals surface area contributed by atoms with Gasteiger partial charge in [-0.25, -0.2) is 0 Å². The van der Waals surface area contributed by atoms with Crippen molar-refractivity contribution in [3.05, 3.63) is 202 Å². The van der Waals surface area contributed by atoms with Crippen LogP contribution >= 0.6 is 23.2 Å². The van der Waals surface area contributed by atoms with Gasteiger partial charge < -0.3 is 40.5 Å². The fourth-order valence-corrected chi connectivity index (χ4v) is 11.1. The quantitative estimate of drug-likeness (QED) is 0.0492. The highest BCUT2D eigenvalue weighted by molar-refractivity contribution is 6.31. The number of amides is 4. The smallest absolute Gasteiger partial charge is 0.251 e. The lowest BCUT2D eigenvalue weighted by molar-refractivity contribution is -0.134. The fraction of sp³-hybridized carbons (Fsp3) is 0.364. The predicted octanol–water partition coefficient (Wildman–Crippen LogP) is 11.6. The third kappa shape index (κ3) is 17.0. The molecule has 6 atom stereocenters. The van der Waals surface area contributed by atoms with Crippen molar-refractivity contribution in [2.24, 2.45) is 0 Å². The topological polar surface area (TPSA) is 141 Å².